The van der Waals surface area contributed by atoms with Gasteiger partial charge in [0.15, 0.2) is 0 Å². The molecule has 11 aromatic carbocycles. The Morgan fingerprint density at radius 2 is 0.702 bits per heavy atom. The predicted molar refractivity (Wildman–Crippen MR) is 243 cm³/mol. The van der Waals surface area contributed by atoms with E-state index in [9.17, 15) is 0 Å². The van der Waals surface area contributed by atoms with Crippen LogP contribution < -0.4 is 0 Å². The number of furan rings is 1. The van der Waals surface area contributed by atoms with Gasteiger partial charge in [0.2, 0.25) is 0 Å². The van der Waals surface area contributed by atoms with Crippen LogP contribution in [0.4, 0.5) is 0 Å². The molecule has 0 atom stereocenters. The second-order valence-electron chi connectivity index (χ2n) is 15.1. The Bertz CT molecular complexity index is 3460. The van der Waals surface area contributed by atoms with Crippen molar-refractivity contribution in [3.8, 4) is 44.5 Å². The highest BCUT2D eigenvalue weighted by atomic mass is 16.3. The van der Waals surface area contributed by atoms with Gasteiger partial charge < -0.3 is 4.42 Å². The summed E-state index contributed by atoms with van der Waals surface area (Å²) in [5.74, 6) is 0. The van der Waals surface area contributed by atoms with Crippen LogP contribution in [0.1, 0.15) is 0 Å². The van der Waals surface area contributed by atoms with Crippen LogP contribution in [0.15, 0.2) is 211 Å². The number of rotatable bonds is 4. The Morgan fingerprint density at radius 1 is 0.246 bits per heavy atom. The van der Waals surface area contributed by atoms with Crippen LogP contribution in [0.5, 0.6) is 0 Å². The van der Waals surface area contributed by atoms with E-state index in [1.54, 1.807) is 0 Å². The first-order valence-electron chi connectivity index (χ1n) is 19.7. The molecule has 57 heavy (non-hydrogen) atoms. The molecule has 1 nitrogen and oxygen atoms in total. The molecule has 0 aliphatic carbocycles. The van der Waals surface area contributed by atoms with E-state index < -0.39 is 0 Å². The third-order valence-corrected chi connectivity index (χ3v) is 12.0. The summed E-state index contributed by atoms with van der Waals surface area (Å²) in [5.41, 5.74) is 11.5. The highest BCUT2D eigenvalue weighted by molar-refractivity contribution is 6.27. The molecular weight excluding hydrogens is 689 g/mol. The molecule has 264 valence electrons. The molecule has 0 radical (unpaired) electrons. The van der Waals surface area contributed by atoms with Crippen LogP contribution in [0.2, 0.25) is 0 Å². The maximum Gasteiger partial charge on any atom is 0.136 e. The summed E-state index contributed by atoms with van der Waals surface area (Å²) >= 11 is 0. The zero-order chi connectivity index (χ0) is 37.5. The van der Waals surface area contributed by atoms with E-state index in [1.165, 1.54) is 92.8 Å². The fourth-order valence-corrected chi connectivity index (χ4v) is 9.62. The lowest BCUT2D eigenvalue weighted by atomic mass is 9.84. The van der Waals surface area contributed by atoms with Crippen molar-refractivity contribution in [3.63, 3.8) is 0 Å². The van der Waals surface area contributed by atoms with Gasteiger partial charge in [0.25, 0.3) is 0 Å². The number of fused-ring (bicyclic) bond motifs is 8. The first kappa shape index (κ1) is 31.8. The van der Waals surface area contributed by atoms with Crippen molar-refractivity contribution in [2.24, 2.45) is 0 Å². The number of hydrogen-bond acceptors (Lipinski definition) is 1. The largest absolute Gasteiger partial charge is 0.456 e. The van der Waals surface area contributed by atoms with Crippen molar-refractivity contribution in [2.75, 3.05) is 0 Å². The van der Waals surface area contributed by atoms with E-state index in [2.05, 4.69) is 206 Å². The summed E-state index contributed by atoms with van der Waals surface area (Å²) in [6, 6.07) is 75.1. The summed E-state index contributed by atoms with van der Waals surface area (Å²) in [5, 5.41) is 14.7. The lowest BCUT2D eigenvalue weighted by Gasteiger charge is -2.18. The summed E-state index contributed by atoms with van der Waals surface area (Å²) in [7, 11) is 0. The van der Waals surface area contributed by atoms with Crippen LogP contribution in [0.3, 0.4) is 0 Å². The Kier molecular flexibility index (Phi) is 7.00. The molecule has 1 heteroatoms. The highest BCUT2D eigenvalue weighted by Crippen LogP contribution is 2.49. The molecule has 0 fully saturated rings. The summed E-state index contributed by atoms with van der Waals surface area (Å²) in [6.45, 7) is 0. The Hall–Kier alpha value is -7.48. The highest BCUT2D eigenvalue weighted by Gasteiger charge is 2.22. The second-order valence-corrected chi connectivity index (χ2v) is 15.1. The van der Waals surface area contributed by atoms with E-state index in [0.29, 0.717) is 0 Å². The van der Waals surface area contributed by atoms with Gasteiger partial charge in [0, 0.05) is 10.8 Å². The second kappa shape index (κ2) is 12.5. The zero-order valence-corrected chi connectivity index (χ0v) is 31.0. The van der Waals surface area contributed by atoms with Gasteiger partial charge in [-0.25, -0.2) is 0 Å². The maximum atomic E-state index is 6.85. The van der Waals surface area contributed by atoms with E-state index >= 15 is 0 Å². The van der Waals surface area contributed by atoms with Crippen LogP contribution in [-0.4, -0.2) is 0 Å². The summed E-state index contributed by atoms with van der Waals surface area (Å²) in [6.07, 6.45) is 0. The Balaban J connectivity index is 1.11. The first-order valence-corrected chi connectivity index (χ1v) is 19.7. The summed E-state index contributed by atoms with van der Waals surface area (Å²) < 4.78 is 6.85. The van der Waals surface area contributed by atoms with Gasteiger partial charge in [0.05, 0.1) is 0 Å². The minimum atomic E-state index is 0.886. The lowest BCUT2D eigenvalue weighted by Crippen LogP contribution is -1.91. The van der Waals surface area contributed by atoms with Gasteiger partial charge in [-0.05, 0) is 123 Å². The van der Waals surface area contributed by atoms with Gasteiger partial charge in [-0.1, -0.05) is 182 Å². The number of hydrogen-bond donors (Lipinski definition) is 0. The third kappa shape index (κ3) is 4.83. The van der Waals surface area contributed by atoms with Crippen LogP contribution in [-0.2, 0) is 0 Å². The molecular formula is C56H34O. The fourth-order valence-electron chi connectivity index (χ4n) is 9.62. The number of benzene rings is 11. The van der Waals surface area contributed by atoms with Crippen molar-refractivity contribution >= 4 is 75.8 Å². The van der Waals surface area contributed by atoms with Crippen molar-refractivity contribution in [1.82, 2.24) is 0 Å². The monoisotopic (exact) mass is 722 g/mol. The molecule has 1 aromatic heterocycles. The first-order chi connectivity index (χ1) is 28.3. The molecule has 0 aliphatic rings. The van der Waals surface area contributed by atoms with Crippen molar-refractivity contribution < 1.29 is 4.42 Å². The molecule has 0 amide bonds. The average molecular weight is 723 g/mol. The minimum absolute atomic E-state index is 0.886. The topological polar surface area (TPSA) is 13.1 Å². The molecule has 1 heterocycles. The van der Waals surface area contributed by atoms with E-state index in [4.69, 9.17) is 4.42 Å². The zero-order valence-electron chi connectivity index (χ0n) is 31.0. The van der Waals surface area contributed by atoms with Crippen molar-refractivity contribution in [1.29, 1.82) is 0 Å². The molecule has 0 N–H and O–H groups in total. The molecule has 0 bridgehead atoms. The van der Waals surface area contributed by atoms with Crippen molar-refractivity contribution in [3.05, 3.63) is 206 Å². The van der Waals surface area contributed by atoms with E-state index in [1.807, 2.05) is 0 Å². The van der Waals surface area contributed by atoms with E-state index in [-0.39, 0.29) is 0 Å². The molecule has 0 saturated carbocycles. The molecule has 0 aliphatic heterocycles. The Morgan fingerprint density at radius 3 is 1.28 bits per heavy atom. The summed E-state index contributed by atoms with van der Waals surface area (Å²) in [4.78, 5) is 0. The van der Waals surface area contributed by atoms with Gasteiger partial charge in [-0.2, -0.15) is 0 Å². The van der Waals surface area contributed by atoms with Gasteiger partial charge in [-0.15, -0.1) is 0 Å². The molecule has 0 unspecified atom stereocenters. The minimum Gasteiger partial charge on any atom is -0.456 e. The van der Waals surface area contributed by atoms with E-state index in [0.717, 1.165) is 27.5 Å². The smallest absolute Gasteiger partial charge is 0.136 e. The molecule has 12 rings (SSSR count). The Labute approximate surface area is 329 Å². The maximum absolute atomic E-state index is 6.85. The van der Waals surface area contributed by atoms with Gasteiger partial charge >= 0.3 is 0 Å². The van der Waals surface area contributed by atoms with Crippen LogP contribution in [0.25, 0.3) is 120 Å². The lowest BCUT2D eigenvalue weighted by molar-refractivity contribution is 0.669. The SMILES string of the molecule is c1ccc(-c2c3ccccc3c(-c3ccc4c(c3)oc3cccc(-c5c6ccccc6c(-c6ccc7ccccc7c6)c6ccccc56)c34)c3ccccc23)cc1. The standard InChI is InChI=1S/C56H34O/c1-2-16-36(17-3-1)52-40-19-6-8-21-42(40)54(43-22-9-7-20-41(43)52)39-31-32-48-51(34-39)57-50-28-14-27-49(56(48)50)55-46-25-12-10-23-44(46)53(45-24-11-13-26-47(45)55)38-30-29-35-15-4-5-18-37(35)33-38/h1-34H. The molecule has 0 saturated heterocycles. The normalized spacial score (nSPS) is 11.9. The fraction of sp³-hybridized carbons (Fsp3) is 0. The van der Waals surface area contributed by atoms with Crippen LogP contribution >= 0.6 is 0 Å². The van der Waals surface area contributed by atoms with Crippen LogP contribution in [0, 0.1) is 0 Å². The van der Waals surface area contributed by atoms with Gasteiger partial charge in [-0.3, -0.25) is 0 Å². The van der Waals surface area contributed by atoms with Gasteiger partial charge in [0.1, 0.15) is 11.2 Å². The molecule has 0 spiro atoms. The van der Waals surface area contributed by atoms with Crippen molar-refractivity contribution in [2.45, 2.75) is 0 Å². The quantitative estimate of drug-likeness (QED) is 0.165. The average Bonchev–Trinajstić information content (AvgIpc) is 3.66. The third-order valence-electron chi connectivity index (χ3n) is 12.0. The molecule has 12 aromatic rings. The predicted octanol–water partition coefficient (Wildman–Crippen LogP) is 16.0.